The molecule has 5 rings (SSSR count). The molecule has 118 valence electrons. The van der Waals surface area contributed by atoms with Gasteiger partial charge in [-0.25, -0.2) is 0 Å². The van der Waals surface area contributed by atoms with Gasteiger partial charge in [0.15, 0.2) is 0 Å². The first-order valence-electron chi connectivity index (χ1n) is 8.30. The zero-order valence-electron chi connectivity index (χ0n) is 13.0. The van der Waals surface area contributed by atoms with Gasteiger partial charge in [-0.2, -0.15) is 0 Å². The molecule has 3 heteroatoms. The van der Waals surface area contributed by atoms with Gasteiger partial charge in [0.1, 0.15) is 0 Å². The third kappa shape index (κ3) is 2.11. The van der Waals surface area contributed by atoms with Crippen molar-refractivity contribution in [1.29, 1.82) is 0 Å². The normalized spacial score (nSPS) is 25.3. The van der Waals surface area contributed by atoms with Gasteiger partial charge in [0.05, 0.1) is 6.10 Å². The third-order valence-corrected chi connectivity index (χ3v) is 5.58. The average Bonchev–Trinajstić information content (AvgIpc) is 2.61. The Labute approximate surface area is 136 Å². The lowest BCUT2D eigenvalue weighted by Gasteiger charge is -2.50. The number of nitrogens with one attached hydrogen (secondary N) is 1. The lowest BCUT2D eigenvalue weighted by Crippen LogP contribution is -2.44. The van der Waals surface area contributed by atoms with E-state index in [2.05, 4.69) is 53.8 Å². The highest BCUT2D eigenvalue weighted by atomic mass is 16.3. The van der Waals surface area contributed by atoms with Crippen molar-refractivity contribution in [2.45, 2.75) is 36.7 Å². The number of aliphatic hydroxyl groups excluding tert-OH is 1. The van der Waals surface area contributed by atoms with Crippen LogP contribution < -0.4 is 5.32 Å². The quantitative estimate of drug-likeness (QED) is 0.835. The molecular formula is C20H21NO2. The van der Waals surface area contributed by atoms with Crippen molar-refractivity contribution in [3.8, 4) is 0 Å². The minimum atomic E-state index is -0.545. The van der Waals surface area contributed by atoms with E-state index in [4.69, 9.17) is 0 Å². The van der Waals surface area contributed by atoms with E-state index < -0.39 is 6.10 Å². The predicted molar refractivity (Wildman–Crippen MR) is 89.4 cm³/mol. The van der Waals surface area contributed by atoms with Crippen LogP contribution in [0.5, 0.6) is 0 Å². The summed E-state index contributed by atoms with van der Waals surface area (Å²) in [6.45, 7) is 0.305. The van der Waals surface area contributed by atoms with Gasteiger partial charge >= 0.3 is 0 Å². The summed E-state index contributed by atoms with van der Waals surface area (Å²) in [7, 11) is 0. The molecule has 3 nitrogen and oxygen atoms in total. The maximum Gasteiger partial charge on any atom is 0.207 e. The van der Waals surface area contributed by atoms with Crippen LogP contribution in [0, 0.1) is 0 Å². The van der Waals surface area contributed by atoms with Crippen LogP contribution in [-0.2, 0) is 10.2 Å². The molecule has 0 aliphatic heterocycles. The van der Waals surface area contributed by atoms with Crippen LogP contribution in [0.3, 0.4) is 0 Å². The maximum atomic E-state index is 10.5. The number of aliphatic hydroxyl groups is 1. The topological polar surface area (TPSA) is 49.3 Å². The molecule has 1 atom stereocenters. The molecule has 3 aliphatic carbocycles. The highest BCUT2D eigenvalue weighted by Crippen LogP contribution is 2.57. The van der Waals surface area contributed by atoms with E-state index >= 15 is 0 Å². The molecule has 3 aliphatic rings. The van der Waals surface area contributed by atoms with E-state index in [1.165, 1.54) is 22.3 Å². The molecule has 0 saturated carbocycles. The molecule has 0 spiro atoms. The van der Waals surface area contributed by atoms with Gasteiger partial charge in [0.25, 0.3) is 0 Å². The summed E-state index contributed by atoms with van der Waals surface area (Å²) in [5, 5.41) is 13.1. The highest BCUT2D eigenvalue weighted by Gasteiger charge is 2.48. The second kappa shape index (κ2) is 5.50. The van der Waals surface area contributed by atoms with Gasteiger partial charge in [0, 0.05) is 17.9 Å². The van der Waals surface area contributed by atoms with Gasteiger partial charge in [-0.3, -0.25) is 4.79 Å². The van der Waals surface area contributed by atoms with Gasteiger partial charge < -0.3 is 10.4 Å². The van der Waals surface area contributed by atoms with E-state index in [9.17, 15) is 9.90 Å². The first-order chi connectivity index (χ1) is 11.3. The summed E-state index contributed by atoms with van der Waals surface area (Å²) < 4.78 is 0. The second-order valence-corrected chi connectivity index (χ2v) is 6.73. The van der Waals surface area contributed by atoms with Crippen molar-refractivity contribution in [2.75, 3.05) is 6.54 Å². The Morgan fingerprint density at radius 2 is 1.74 bits per heavy atom. The Balaban J connectivity index is 1.83. The summed E-state index contributed by atoms with van der Waals surface area (Å²) in [5.41, 5.74) is 5.41. The van der Waals surface area contributed by atoms with Crippen molar-refractivity contribution in [1.82, 2.24) is 5.32 Å². The van der Waals surface area contributed by atoms with E-state index in [0.717, 1.165) is 12.8 Å². The third-order valence-electron chi connectivity index (χ3n) is 5.58. The summed E-state index contributed by atoms with van der Waals surface area (Å²) in [6, 6.07) is 17.3. The molecule has 0 radical (unpaired) electrons. The summed E-state index contributed by atoms with van der Waals surface area (Å²) in [4.78, 5) is 10.5. The highest BCUT2D eigenvalue weighted by molar-refractivity contribution is 5.59. The molecule has 2 bridgehead atoms. The van der Waals surface area contributed by atoms with Crippen LogP contribution in [0.1, 0.15) is 47.4 Å². The molecular weight excluding hydrogens is 286 g/mol. The van der Waals surface area contributed by atoms with Crippen molar-refractivity contribution >= 4 is 6.41 Å². The molecule has 23 heavy (non-hydrogen) atoms. The standard InChI is InChI=1S/C20H21NO2/c22-13-21-12-14(23)11-20-10-9-15(16-5-1-3-7-18(16)20)17-6-2-4-8-19(17)20/h1-8,13-15,23H,9-12H2,(H,21,22)/t14-,15?,20?/m1/s1. The lowest BCUT2D eigenvalue weighted by atomic mass is 9.53. The minimum Gasteiger partial charge on any atom is -0.391 e. The van der Waals surface area contributed by atoms with Crippen molar-refractivity contribution < 1.29 is 9.90 Å². The summed E-state index contributed by atoms with van der Waals surface area (Å²) in [6.07, 6.45) is 2.94. The molecule has 0 fully saturated rings. The minimum absolute atomic E-state index is 0.133. The Morgan fingerprint density at radius 3 is 2.35 bits per heavy atom. The summed E-state index contributed by atoms with van der Waals surface area (Å²) >= 11 is 0. The van der Waals surface area contributed by atoms with Crippen LogP contribution in [0.2, 0.25) is 0 Å². The zero-order chi connectivity index (χ0) is 15.9. The first-order valence-corrected chi connectivity index (χ1v) is 8.30. The molecule has 0 saturated heterocycles. The smallest absolute Gasteiger partial charge is 0.207 e. The van der Waals surface area contributed by atoms with Crippen LogP contribution in [-0.4, -0.2) is 24.2 Å². The van der Waals surface area contributed by atoms with Crippen LogP contribution in [0.25, 0.3) is 0 Å². The van der Waals surface area contributed by atoms with Crippen LogP contribution in [0.4, 0.5) is 0 Å². The fourth-order valence-electron chi connectivity index (χ4n) is 4.74. The van der Waals surface area contributed by atoms with Crippen molar-refractivity contribution in [2.24, 2.45) is 0 Å². The molecule has 1 amide bonds. The number of benzene rings is 2. The monoisotopic (exact) mass is 307 g/mol. The predicted octanol–water partition coefficient (Wildman–Crippen LogP) is 2.71. The van der Waals surface area contributed by atoms with Crippen molar-refractivity contribution in [3.05, 3.63) is 70.8 Å². The number of hydrogen-bond donors (Lipinski definition) is 2. The second-order valence-electron chi connectivity index (χ2n) is 6.73. The van der Waals surface area contributed by atoms with Crippen molar-refractivity contribution in [3.63, 3.8) is 0 Å². The Hall–Kier alpha value is -2.13. The van der Waals surface area contributed by atoms with E-state index in [1.54, 1.807) is 0 Å². The van der Waals surface area contributed by atoms with Crippen LogP contribution in [0.15, 0.2) is 48.5 Å². The Bertz CT molecular complexity index is 692. The van der Waals surface area contributed by atoms with E-state index in [-0.39, 0.29) is 5.41 Å². The van der Waals surface area contributed by atoms with E-state index in [0.29, 0.717) is 25.3 Å². The zero-order valence-corrected chi connectivity index (χ0v) is 13.0. The fraction of sp³-hybridized carbons (Fsp3) is 0.350. The summed E-state index contributed by atoms with van der Waals surface area (Å²) in [5.74, 6) is 0.481. The Morgan fingerprint density at radius 1 is 1.13 bits per heavy atom. The molecule has 2 aromatic rings. The molecule has 0 aromatic heterocycles. The first kappa shape index (κ1) is 14.5. The van der Waals surface area contributed by atoms with E-state index in [1.807, 2.05) is 0 Å². The number of rotatable bonds is 5. The number of carbonyl (C=O) groups is 1. The van der Waals surface area contributed by atoms with Gasteiger partial charge in [0.2, 0.25) is 6.41 Å². The SMILES string of the molecule is O=CNC[C@H](O)CC12CCC(c3ccccc31)c1ccccc12. The molecule has 2 aromatic carbocycles. The number of hydrogen-bond acceptors (Lipinski definition) is 2. The molecule has 2 N–H and O–H groups in total. The van der Waals surface area contributed by atoms with Gasteiger partial charge in [-0.05, 0) is 41.5 Å². The molecule has 0 heterocycles. The Kier molecular flexibility index (Phi) is 3.46. The fourth-order valence-corrected chi connectivity index (χ4v) is 4.74. The van der Waals surface area contributed by atoms with Crippen LogP contribution >= 0.6 is 0 Å². The molecule has 0 unspecified atom stereocenters. The maximum absolute atomic E-state index is 10.5. The number of carbonyl (C=O) groups excluding carboxylic acids is 1. The van der Waals surface area contributed by atoms with Gasteiger partial charge in [-0.15, -0.1) is 0 Å². The average molecular weight is 307 g/mol. The largest absolute Gasteiger partial charge is 0.391 e. The van der Waals surface area contributed by atoms with Gasteiger partial charge in [-0.1, -0.05) is 48.5 Å². The number of amides is 1. The number of fused-ring (bicyclic) bond motifs is 1. The lowest BCUT2D eigenvalue weighted by molar-refractivity contribution is -0.110.